The smallest absolute Gasteiger partial charge is 0.167 e. The van der Waals surface area contributed by atoms with Crippen LogP contribution in [0.4, 0.5) is 5.69 Å². The normalized spacial score (nSPS) is 10.2. The molecule has 0 aliphatic heterocycles. The standard InChI is InChI=1S/C17H14N4OS.ClH/c22-20-11-13-12-23-17(21-13)7-3-4-9-18-16-8-10-19-15-6-2-1-5-14(15)16;/h1-2,5-6,8,10-12,22H,4,9H2,(H,18,19);1H/b20-11-;. The van der Waals surface area contributed by atoms with Crippen molar-refractivity contribution in [3.05, 3.63) is 52.6 Å². The number of nitrogens with one attached hydrogen (secondary N) is 1. The van der Waals surface area contributed by atoms with E-state index in [4.69, 9.17) is 5.21 Å². The number of fused-ring (bicyclic) bond motifs is 1. The van der Waals surface area contributed by atoms with E-state index >= 15 is 0 Å². The number of anilines is 1. The van der Waals surface area contributed by atoms with E-state index in [9.17, 15) is 0 Å². The number of benzene rings is 1. The maximum absolute atomic E-state index is 8.44. The molecule has 7 heteroatoms. The summed E-state index contributed by atoms with van der Waals surface area (Å²) in [6.45, 7) is 0.747. The average Bonchev–Trinajstić information content (AvgIpc) is 3.02. The number of nitrogens with zero attached hydrogens (tertiary/aromatic N) is 3. The first kappa shape index (κ1) is 17.7. The lowest BCUT2D eigenvalue weighted by Crippen LogP contribution is -2.01. The zero-order valence-corrected chi connectivity index (χ0v) is 14.3. The lowest BCUT2D eigenvalue weighted by Gasteiger charge is -2.07. The molecule has 0 unspecified atom stereocenters. The number of pyridine rings is 1. The summed E-state index contributed by atoms with van der Waals surface area (Å²) in [4.78, 5) is 8.54. The molecule has 1 aromatic carbocycles. The minimum absolute atomic E-state index is 0. The highest BCUT2D eigenvalue weighted by atomic mass is 35.5. The minimum Gasteiger partial charge on any atom is -0.411 e. The Bertz CT molecular complexity index is 893. The summed E-state index contributed by atoms with van der Waals surface area (Å²) in [5.74, 6) is 6.10. The van der Waals surface area contributed by atoms with Gasteiger partial charge in [0.15, 0.2) is 5.01 Å². The second-order valence-corrected chi connectivity index (χ2v) is 5.53. The molecular weight excluding hydrogens is 344 g/mol. The van der Waals surface area contributed by atoms with E-state index in [0.717, 1.165) is 23.1 Å². The van der Waals surface area contributed by atoms with Gasteiger partial charge in [-0.1, -0.05) is 29.3 Å². The number of thiazole rings is 1. The molecule has 5 nitrogen and oxygen atoms in total. The van der Waals surface area contributed by atoms with E-state index in [-0.39, 0.29) is 12.4 Å². The molecule has 0 saturated heterocycles. The van der Waals surface area contributed by atoms with Gasteiger partial charge in [-0.25, -0.2) is 4.98 Å². The van der Waals surface area contributed by atoms with Crippen molar-refractivity contribution in [3.8, 4) is 11.8 Å². The number of halogens is 1. The van der Waals surface area contributed by atoms with Crippen molar-refractivity contribution in [1.82, 2.24) is 9.97 Å². The Morgan fingerprint density at radius 1 is 1.29 bits per heavy atom. The van der Waals surface area contributed by atoms with Gasteiger partial charge in [0.25, 0.3) is 0 Å². The largest absolute Gasteiger partial charge is 0.411 e. The van der Waals surface area contributed by atoms with Crippen LogP contribution in [0.25, 0.3) is 10.9 Å². The summed E-state index contributed by atoms with van der Waals surface area (Å²) in [5, 5.41) is 18.4. The number of aromatic nitrogens is 2. The van der Waals surface area contributed by atoms with Crippen molar-refractivity contribution >= 4 is 46.5 Å². The molecule has 3 rings (SSSR count). The molecule has 0 aliphatic carbocycles. The second kappa shape index (κ2) is 8.87. The number of rotatable bonds is 4. The third kappa shape index (κ3) is 4.44. The third-order valence-electron chi connectivity index (χ3n) is 3.12. The van der Waals surface area contributed by atoms with Crippen LogP contribution in [0, 0.1) is 11.8 Å². The van der Waals surface area contributed by atoms with Crippen molar-refractivity contribution in [2.45, 2.75) is 6.42 Å². The summed E-state index contributed by atoms with van der Waals surface area (Å²) in [6, 6.07) is 10.0. The quantitative estimate of drug-likeness (QED) is 0.245. The number of hydrogen-bond acceptors (Lipinski definition) is 6. The van der Waals surface area contributed by atoms with Crippen LogP contribution >= 0.6 is 23.7 Å². The summed E-state index contributed by atoms with van der Waals surface area (Å²) in [7, 11) is 0. The van der Waals surface area contributed by atoms with Crippen molar-refractivity contribution < 1.29 is 5.21 Å². The Morgan fingerprint density at radius 2 is 2.17 bits per heavy atom. The van der Waals surface area contributed by atoms with Crippen LogP contribution in [0.3, 0.4) is 0 Å². The molecule has 0 bridgehead atoms. The van der Waals surface area contributed by atoms with E-state index in [2.05, 4.69) is 38.3 Å². The van der Waals surface area contributed by atoms with Crippen LogP contribution in [0.5, 0.6) is 0 Å². The van der Waals surface area contributed by atoms with Gasteiger partial charge in [0.1, 0.15) is 0 Å². The molecular formula is C17H15ClN4OS. The van der Waals surface area contributed by atoms with Crippen molar-refractivity contribution in [1.29, 1.82) is 0 Å². The van der Waals surface area contributed by atoms with Crippen LogP contribution in [0.15, 0.2) is 47.1 Å². The molecule has 3 aromatic rings. The minimum atomic E-state index is 0. The van der Waals surface area contributed by atoms with E-state index in [1.807, 2.05) is 24.3 Å². The van der Waals surface area contributed by atoms with Gasteiger partial charge in [-0.2, -0.15) is 0 Å². The molecule has 0 saturated carbocycles. The molecule has 0 atom stereocenters. The predicted molar refractivity (Wildman–Crippen MR) is 100 cm³/mol. The fourth-order valence-corrected chi connectivity index (χ4v) is 2.74. The molecule has 2 heterocycles. The molecule has 24 heavy (non-hydrogen) atoms. The summed E-state index contributed by atoms with van der Waals surface area (Å²) in [6.07, 6.45) is 3.80. The lowest BCUT2D eigenvalue weighted by atomic mass is 10.2. The first-order valence-corrected chi connectivity index (χ1v) is 7.94. The highest BCUT2D eigenvalue weighted by molar-refractivity contribution is 7.10. The molecule has 0 fully saturated rings. The molecule has 0 spiro atoms. The molecule has 122 valence electrons. The highest BCUT2D eigenvalue weighted by Gasteiger charge is 1.99. The van der Waals surface area contributed by atoms with Crippen molar-refractivity contribution in [2.24, 2.45) is 5.16 Å². The molecule has 2 aromatic heterocycles. The maximum atomic E-state index is 8.44. The average molecular weight is 359 g/mol. The summed E-state index contributed by atoms with van der Waals surface area (Å²) in [5.41, 5.74) is 2.65. The highest BCUT2D eigenvalue weighted by Crippen LogP contribution is 2.20. The fraction of sp³-hybridized carbons (Fsp3) is 0.118. The van der Waals surface area contributed by atoms with Crippen LogP contribution in [-0.2, 0) is 0 Å². The first-order valence-electron chi connectivity index (χ1n) is 7.06. The van der Waals surface area contributed by atoms with Crippen LogP contribution in [0.2, 0.25) is 0 Å². The Hall–Kier alpha value is -2.62. The van der Waals surface area contributed by atoms with Gasteiger partial charge in [-0.3, -0.25) is 4.98 Å². The first-order chi connectivity index (χ1) is 11.4. The van der Waals surface area contributed by atoms with Gasteiger partial charge in [-0.15, -0.1) is 23.7 Å². The Balaban J connectivity index is 0.00000208. The Kier molecular flexibility index (Phi) is 6.55. The van der Waals surface area contributed by atoms with E-state index in [1.54, 1.807) is 11.6 Å². The van der Waals surface area contributed by atoms with Crippen LogP contribution in [0.1, 0.15) is 17.1 Å². The van der Waals surface area contributed by atoms with Gasteiger partial charge in [0, 0.05) is 35.6 Å². The second-order valence-electron chi connectivity index (χ2n) is 4.68. The number of oxime groups is 1. The van der Waals surface area contributed by atoms with Gasteiger partial charge in [-0.05, 0) is 18.1 Å². The van der Waals surface area contributed by atoms with E-state index < -0.39 is 0 Å². The maximum Gasteiger partial charge on any atom is 0.167 e. The summed E-state index contributed by atoms with van der Waals surface area (Å²) >= 11 is 1.43. The number of hydrogen-bond donors (Lipinski definition) is 2. The van der Waals surface area contributed by atoms with Gasteiger partial charge < -0.3 is 10.5 Å². The fourth-order valence-electron chi connectivity index (χ4n) is 2.11. The summed E-state index contributed by atoms with van der Waals surface area (Å²) < 4.78 is 0. The van der Waals surface area contributed by atoms with E-state index in [1.165, 1.54) is 17.6 Å². The molecule has 0 aliphatic rings. The molecule has 0 radical (unpaired) electrons. The topological polar surface area (TPSA) is 70.4 Å². The third-order valence-corrected chi connectivity index (χ3v) is 3.90. The molecule has 0 amide bonds. The van der Waals surface area contributed by atoms with E-state index in [0.29, 0.717) is 17.1 Å². The SMILES string of the molecule is Cl.O/N=C\c1csc(C#CCCNc2ccnc3ccccc23)n1. The lowest BCUT2D eigenvalue weighted by molar-refractivity contribution is 0.321. The van der Waals surface area contributed by atoms with Gasteiger partial charge >= 0.3 is 0 Å². The number of para-hydroxylation sites is 1. The van der Waals surface area contributed by atoms with Gasteiger partial charge in [0.05, 0.1) is 17.4 Å². The zero-order chi connectivity index (χ0) is 15.9. The molecule has 2 N–H and O–H groups in total. The predicted octanol–water partition coefficient (Wildman–Crippen LogP) is 3.77. The Morgan fingerprint density at radius 3 is 3.04 bits per heavy atom. The van der Waals surface area contributed by atoms with Crippen molar-refractivity contribution in [3.63, 3.8) is 0 Å². The van der Waals surface area contributed by atoms with Crippen LogP contribution < -0.4 is 5.32 Å². The zero-order valence-electron chi connectivity index (χ0n) is 12.6. The van der Waals surface area contributed by atoms with Gasteiger partial charge in [0.2, 0.25) is 0 Å². The van der Waals surface area contributed by atoms with Crippen LogP contribution in [-0.4, -0.2) is 27.9 Å². The Labute approximate surface area is 149 Å². The van der Waals surface area contributed by atoms with Crippen molar-refractivity contribution in [2.75, 3.05) is 11.9 Å². The monoisotopic (exact) mass is 358 g/mol.